The standard InChI is InChI=1S/C15H27N3O2/c1-15(2,3)17-13(19)11-6-5-9-18(11)12(10-7-8-10)14(20)16-4/h10-12H,5-9H2,1-4H3,(H,16,20)(H,17,19). The number of likely N-dealkylation sites (tertiary alicyclic amines) is 1. The quantitative estimate of drug-likeness (QED) is 0.804. The maximum absolute atomic E-state index is 12.4. The van der Waals surface area contributed by atoms with Gasteiger partial charge in [0.1, 0.15) is 0 Å². The molecule has 0 spiro atoms. The van der Waals surface area contributed by atoms with E-state index >= 15 is 0 Å². The first-order valence-corrected chi connectivity index (χ1v) is 7.63. The molecule has 2 amide bonds. The van der Waals surface area contributed by atoms with E-state index in [9.17, 15) is 9.59 Å². The third-order valence-corrected chi connectivity index (χ3v) is 4.04. The highest BCUT2D eigenvalue weighted by atomic mass is 16.2. The highest BCUT2D eigenvalue weighted by molar-refractivity contribution is 5.86. The molecule has 1 saturated carbocycles. The Bertz CT molecular complexity index is 385. The van der Waals surface area contributed by atoms with Gasteiger partial charge in [-0.3, -0.25) is 14.5 Å². The van der Waals surface area contributed by atoms with E-state index in [1.807, 2.05) is 20.8 Å². The topological polar surface area (TPSA) is 61.4 Å². The Hall–Kier alpha value is -1.10. The molecule has 0 bridgehead atoms. The van der Waals surface area contributed by atoms with E-state index in [4.69, 9.17) is 0 Å². The van der Waals surface area contributed by atoms with Crippen molar-refractivity contribution in [1.82, 2.24) is 15.5 Å². The lowest BCUT2D eigenvalue weighted by atomic mass is 10.1. The Labute approximate surface area is 121 Å². The molecule has 2 unspecified atom stereocenters. The van der Waals surface area contributed by atoms with Gasteiger partial charge in [0, 0.05) is 12.6 Å². The van der Waals surface area contributed by atoms with Gasteiger partial charge in [-0.1, -0.05) is 0 Å². The van der Waals surface area contributed by atoms with E-state index in [-0.39, 0.29) is 29.4 Å². The van der Waals surface area contributed by atoms with Crippen LogP contribution in [0.15, 0.2) is 0 Å². The van der Waals surface area contributed by atoms with Crippen LogP contribution in [0.4, 0.5) is 0 Å². The van der Waals surface area contributed by atoms with E-state index in [0.29, 0.717) is 5.92 Å². The van der Waals surface area contributed by atoms with Crippen molar-refractivity contribution in [1.29, 1.82) is 0 Å². The summed E-state index contributed by atoms with van der Waals surface area (Å²) in [6, 6.07) is -0.282. The zero-order valence-electron chi connectivity index (χ0n) is 13.0. The third kappa shape index (κ3) is 3.51. The van der Waals surface area contributed by atoms with Crippen molar-refractivity contribution in [3.05, 3.63) is 0 Å². The summed E-state index contributed by atoms with van der Waals surface area (Å²) in [5.74, 6) is 0.547. The van der Waals surface area contributed by atoms with Crippen LogP contribution >= 0.6 is 0 Å². The van der Waals surface area contributed by atoms with E-state index in [0.717, 1.165) is 32.2 Å². The molecule has 2 atom stereocenters. The summed E-state index contributed by atoms with van der Waals surface area (Å²) in [5, 5.41) is 5.81. The normalized spacial score (nSPS) is 25.3. The number of hydrogen-bond acceptors (Lipinski definition) is 3. The van der Waals surface area contributed by atoms with Crippen LogP contribution in [0, 0.1) is 5.92 Å². The summed E-state index contributed by atoms with van der Waals surface area (Å²) < 4.78 is 0. The lowest BCUT2D eigenvalue weighted by Gasteiger charge is -2.33. The van der Waals surface area contributed by atoms with E-state index in [1.165, 1.54) is 0 Å². The molecule has 5 nitrogen and oxygen atoms in total. The van der Waals surface area contributed by atoms with Gasteiger partial charge in [-0.15, -0.1) is 0 Å². The van der Waals surface area contributed by atoms with Gasteiger partial charge >= 0.3 is 0 Å². The Morgan fingerprint density at radius 1 is 1.20 bits per heavy atom. The molecule has 1 aliphatic heterocycles. The van der Waals surface area contributed by atoms with E-state index in [2.05, 4.69) is 15.5 Å². The monoisotopic (exact) mass is 281 g/mol. The van der Waals surface area contributed by atoms with Crippen LogP contribution in [0.5, 0.6) is 0 Å². The molecular formula is C15H27N3O2. The van der Waals surface area contributed by atoms with Gasteiger partial charge in [0.2, 0.25) is 11.8 Å². The lowest BCUT2D eigenvalue weighted by Crippen LogP contribution is -2.56. The number of hydrogen-bond donors (Lipinski definition) is 2. The maximum Gasteiger partial charge on any atom is 0.237 e. The number of carbonyl (C=O) groups is 2. The predicted molar refractivity (Wildman–Crippen MR) is 78.2 cm³/mol. The van der Waals surface area contributed by atoms with Crippen molar-refractivity contribution in [2.45, 2.75) is 64.1 Å². The minimum absolute atomic E-state index is 0.0583. The Kier molecular flexibility index (Phi) is 4.37. The fraction of sp³-hybridized carbons (Fsp3) is 0.867. The lowest BCUT2D eigenvalue weighted by molar-refractivity contribution is -0.132. The van der Waals surface area contributed by atoms with Crippen molar-refractivity contribution >= 4 is 11.8 Å². The summed E-state index contributed by atoms with van der Waals surface area (Å²) in [4.78, 5) is 26.7. The maximum atomic E-state index is 12.4. The fourth-order valence-corrected chi connectivity index (χ4v) is 3.05. The van der Waals surface area contributed by atoms with Gasteiger partial charge < -0.3 is 10.6 Å². The number of likely N-dealkylation sites (N-methyl/N-ethyl adjacent to an activating group) is 1. The summed E-state index contributed by atoms with van der Waals surface area (Å²) in [6.45, 7) is 6.81. The largest absolute Gasteiger partial charge is 0.358 e. The zero-order chi connectivity index (χ0) is 14.9. The highest BCUT2D eigenvalue weighted by Gasteiger charge is 2.45. The Balaban J connectivity index is 2.09. The molecule has 0 aromatic carbocycles. The molecule has 2 rings (SSSR count). The molecule has 114 valence electrons. The number of rotatable bonds is 4. The van der Waals surface area contributed by atoms with E-state index < -0.39 is 0 Å². The molecule has 2 N–H and O–H groups in total. The van der Waals surface area contributed by atoms with Gasteiger partial charge in [-0.2, -0.15) is 0 Å². The highest BCUT2D eigenvalue weighted by Crippen LogP contribution is 2.38. The molecule has 1 aliphatic carbocycles. The fourth-order valence-electron chi connectivity index (χ4n) is 3.05. The first-order valence-electron chi connectivity index (χ1n) is 7.63. The van der Waals surface area contributed by atoms with Crippen molar-refractivity contribution < 1.29 is 9.59 Å². The van der Waals surface area contributed by atoms with Crippen LogP contribution in [0.1, 0.15) is 46.5 Å². The average molecular weight is 281 g/mol. The Morgan fingerprint density at radius 3 is 2.35 bits per heavy atom. The molecule has 0 aromatic heterocycles. The Morgan fingerprint density at radius 2 is 1.85 bits per heavy atom. The molecule has 2 fully saturated rings. The average Bonchev–Trinajstić information content (AvgIpc) is 3.04. The second-order valence-electron chi connectivity index (χ2n) is 7.03. The molecule has 5 heteroatoms. The molecule has 1 saturated heterocycles. The van der Waals surface area contributed by atoms with Gasteiger partial charge in [0.05, 0.1) is 12.1 Å². The summed E-state index contributed by atoms with van der Waals surface area (Å²) in [7, 11) is 1.68. The second-order valence-corrected chi connectivity index (χ2v) is 7.03. The summed E-state index contributed by atoms with van der Waals surface area (Å²) >= 11 is 0. The number of nitrogens with one attached hydrogen (secondary N) is 2. The molecule has 2 aliphatic rings. The first-order chi connectivity index (χ1) is 9.33. The zero-order valence-corrected chi connectivity index (χ0v) is 13.0. The minimum Gasteiger partial charge on any atom is -0.358 e. The third-order valence-electron chi connectivity index (χ3n) is 4.04. The van der Waals surface area contributed by atoms with Crippen LogP contribution in [0.25, 0.3) is 0 Å². The minimum atomic E-state index is -0.229. The van der Waals surface area contributed by atoms with E-state index in [1.54, 1.807) is 7.05 Å². The van der Waals surface area contributed by atoms with Gasteiger partial charge in [0.25, 0.3) is 0 Å². The van der Waals surface area contributed by atoms with Crippen LogP contribution in [0.2, 0.25) is 0 Å². The van der Waals surface area contributed by atoms with Crippen molar-refractivity contribution in [2.24, 2.45) is 5.92 Å². The molecule has 1 heterocycles. The number of amides is 2. The summed E-state index contributed by atoms with van der Waals surface area (Å²) in [6.07, 6.45) is 4.04. The first kappa shape index (κ1) is 15.3. The summed E-state index contributed by atoms with van der Waals surface area (Å²) in [5.41, 5.74) is -0.229. The number of nitrogens with zero attached hydrogens (tertiary/aromatic N) is 1. The van der Waals surface area contributed by atoms with Gasteiger partial charge in [-0.25, -0.2) is 0 Å². The van der Waals surface area contributed by atoms with Crippen LogP contribution < -0.4 is 10.6 Å². The van der Waals surface area contributed by atoms with Crippen LogP contribution in [-0.2, 0) is 9.59 Å². The second kappa shape index (κ2) is 5.72. The van der Waals surface area contributed by atoms with Crippen molar-refractivity contribution in [3.63, 3.8) is 0 Å². The number of carbonyl (C=O) groups excluding carboxylic acids is 2. The van der Waals surface area contributed by atoms with Gasteiger partial charge in [-0.05, 0) is 58.9 Å². The molecular weight excluding hydrogens is 254 g/mol. The van der Waals surface area contributed by atoms with Crippen LogP contribution in [0.3, 0.4) is 0 Å². The molecule has 0 aromatic rings. The van der Waals surface area contributed by atoms with Crippen molar-refractivity contribution in [3.8, 4) is 0 Å². The predicted octanol–water partition coefficient (Wildman–Crippen LogP) is 0.890. The molecule has 20 heavy (non-hydrogen) atoms. The van der Waals surface area contributed by atoms with Crippen molar-refractivity contribution in [2.75, 3.05) is 13.6 Å². The molecule has 0 radical (unpaired) electrons. The van der Waals surface area contributed by atoms with Crippen LogP contribution in [-0.4, -0.2) is 47.9 Å². The smallest absolute Gasteiger partial charge is 0.237 e. The SMILES string of the molecule is CNC(=O)C(C1CC1)N1CCCC1C(=O)NC(C)(C)C. The van der Waals surface area contributed by atoms with Gasteiger partial charge in [0.15, 0.2) is 0 Å².